The molecule has 0 aliphatic carbocycles. The number of rotatable bonds is 4. The Morgan fingerprint density at radius 2 is 1.92 bits per heavy atom. The number of pyridine rings is 1. The standard InChI is InChI=1S/C21H15BrN2O2/c1-25-13-17-18(9-10-22)23-12-20-21(17)16-11-15(7-8-19(16)24-20)26-14-5-3-2-4-6-14/h2-8,11-12,24H,13H2,1H3. The van der Waals surface area contributed by atoms with E-state index in [2.05, 4.69) is 36.6 Å². The summed E-state index contributed by atoms with van der Waals surface area (Å²) >= 11 is 3.15. The van der Waals surface area contributed by atoms with Crippen molar-refractivity contribution in [1.29, 1.82) is 0 Å². The Bertz CT molecular complexity index is 1140. The van der Waals surface area contributed by atoms with Crippen molar-refractivity contribution in [1.82, 2.24) is 9.97 Å². The second-order valence-corrected chi connectivity index (χ2v) is 6.17. The van der Waals surface area contributed by atoms with Gasteiger partial charge in [0.2, 0.25) is 0 Å². The van der Waals surface area contributed by atoms with Gasteiger partial charge in [-0.1, -0.05) is 18.2 Å². The molecule has 0 unspecified atom stereocenters. The van der Waals surface area contributed by atoms with Crippen LogP contribution in [0.3, 0.4) is 0 Å². The fraction of sp³-hybridized carbons (Fsp3) is 0.0952. The van der Waals surface area contributed by atoms with Gasteiger partial charge in [-0.05, 0) is 41.1 Å². The minimum atomic E-state index is 0.429. The number of hydrogen-bond acceptors (Lipinski definition) is 3. The predicted octanol–water partition coefficient (Wildman–Crippen LogP) is 5.36. The highest BCUT2D eigenvalue weighted by Crippen LogP contribution is 2.33. The van der Waals surface area contributed by atoms with E-state index in [1.54, 1.807) is 13.3 Å². The van der Waals surface area contributed by atoms with Crippen molar-refractivity contribution in [2.24, 2.45) is 0 Å². The van der Waals surface area contributed by atoms with E-state index >= 15 is 0 Å². The quantitative estimate of drug-likeness (QED) is 0.464. The molecule has 5 heteroatoms. The Morgan fingerprint density at radius 3 is 2.69 bits per heavy atom. The number of aromatic amines is 1. The lowest BCUT2D eigenvalue weighted by atomic mass is 10.1. The van der Waals surface area contributed by atoms with Crippen LogP contribution < -0.4 is 4.74 Å². The first-order valence-corrected chi connectivity index (χ1v) is 8.86. The van der Waals surface area contributed by atoms with Gasteiger partial charge in [0.25, 0.3) is 0 Å². The van der Waals surface area contributed by atoms with Crippen LogP contribution in [0.4, 0.5) is 0 Å². The third kappa shape index (κ3) is 3.05. The third-order valence-electron chi connectivity index (χ3n) is 4.14. The zero-order chi connectivity index (χ0) is 17.9. The van der Waals surface area contributed by atoms with Crippen molar-refractivity contribution < 1.29 is 9.47 Å². The molecule has 26 heavy (non-hydrogen) atoms. The lowest BCUT2D eigenvalue weighted by molar-refractivity contribution is 0.185. The lowest BCUT2D eigenvalue weighted by Gasteiger charge is -2.07. The van der Waals surface area contributed by atoms with Crippen LogP contribution in [-0.4, -0.2) is 17.1 Å². The largest absolute Gasteiger partial charge is 0.457 e. The molecular weight excluding hydrogens is 392 g/mol. The number of benzene rings is 2. The molecule has 0 aliphatic heterocycles. The Kier molecular flexibility index (Phi) is 4.61. The van der Waals surface area contributed by atoms with Crippen molar-refractivity contribution in [2.75, 3.05) is 7.11 Å². The molecule has 128 valence electrons. The molecule has 0 fully saturated rings. The van der Waals surface area contributed by atoms with E-state index in [-0.39, 0.29) is 0 Å². The van der Waals surface area contributed by atoms with Gasteiger partial charge < -0.3 is 14.5 Å². The zero-order valence-electron chi connectivity index (χ0n) is 14.0. The first-order valence-electron chi connectivity index (χ1n) is 8.07. The molecule has 2 aromatic heterocycles. The molecule has 4 nitrogen and oxygen atoms in total. The van der Waals surface area contributed by atoms with Crippen molar-refractivity contribution in [3.63, 3.8) is 0 Å². The number of ether oxygens (including phenoxy) is 2. The van der Waals surface area contributed by atoms with Gasteiger partial charge in [-0.2, -0.15) is 0 Å². The topological polar surface area (TPSA) is 47.1 Å². The van der Waals surface area contributed by atoms with Gasteiger partial charge in [-0.15, -0.1) is 0 Å². The molecule has 4 rings (SSSR count). The lowest BCUT2D eigenvalue weighted by Crippen LogP contribution is -1.96. The normalized spacial score (nSPS) is 10.7. The summed E-state index contributed by atoms with van der Waals surface area (Å²) in [6.07, 6.45) is 1.80. The number of methoxy groups -OCH3 is 1. The van der Waals surface area contributed by atoms with Gasteiger partial charge in [0.05, 0.1) is 18.3 Å². The zero-order valence-corrected chi connectivity index (χ0v) is 15.6. The molecular formula is C21H15BrN2O2. The predicted molar refractivity (Wildman–Crippen MR) is 107 cm³/mol. The van der Waals surface area contributed by atoms with Gasteiger partial charge in [0.1, 0.15) is 17.2 Å². The SMILES string of the molecule is COCc1c(C#CBr)ncc2[nH]c3ccc(Oc4ccccc4)cc3c12. The fourth-order valence-corrected chi connectivity index (χ4v) is 3.25. The molecule has 2 heterocycles. The third-order valence-corrected chi connectivity index (χ3v) is 4.34. The Balaban J connectivity index is 1.91. The fourth-order valence-electron chi connectivity index (χ4n) is 3.06. The number of H-pyrrole nitrogens is 1. The summed E-state index contributed by atoms with van der Waals surface area (Å²) in [5.41, 5.74) is 3.62. The molecule has 2 aromatic carbocycles. The van der Waals surface area contributed by atoms with Crippen molar-refractivity contribution in [2.45, 2.75) is 6.61 Å². The van der Waals surface area contributed by atoms with E-state index in [1.165, 1.54) is 0 Å². The van der Waals surface area contributed by atoms with E-state index < -0.39 is 0 Å². The summed E-state index contributed by atoms with van der Waals surface area (Å²) in [6.45, 7) is 0.429. The molecule has 0 spiro atoms. The number of fused-ring (bicyclic) bond motifs is 3. The molecule has 0 bridgehead atoms. The van der Waals surface area contributed by atoms with E-state index in [0.29, 0.717) is 12.3 Å². The minimum absolute atomic E-state index is 0.429. The summed E-state index contributed by atoms with van der Waals surface area (Å²) in [6, 6.07) is 15.7. The monoisotopic (exact) mass is 406 g/mol. The second-order valence-electron chi connectivity index (χ2n) is 5.77. The Labute approximate surface area is 159 Å². The summed E-state index contributed by atoms with van der Waals surface area (Å²) in [7, 11) is 1.67. The first kappa shape index (κ1) is 16.6. The van der Waals surface area contributed by atoms with E-state index in [4.69, 9.17) is 9.47 Å². The highest BCUT2D eigenvalue weighted by Gasteiger charge is 2.14. The molecule has 0 atom stereocenters. The van der Waals surface area contributed by atoms with Crippen LogP contribution in [0.1, 0.15) is 11.3 Å². The molecule has 4 aromatic rings. The number of halogens is 1. The van der Waals surface area contributed by atoms with Crippen LogP contribution in [0, 0.1) is 10.8 Å². The summed E-state index contributed by atoms with van der Waals surface area (Å²) in [5, 5.41) is 2.11. The molecule has 0 saturated carbocycles. The van der Waals surface area contributed by atoms with Crippen molar-refractivity contribution >= 4 is 37.7 Å². The van der Waals surface area contributed by atoms with Gasteiger partial charge in [0, 0.05) is 44.9 Å². The van der Waals surface area contributed by atoms with Crippen LogP contribution >= 0.6 is 15.9 Å². The van der Waals surface area contributed by atoms with Gasteiger partial charge in [-0.25, -0.2) is 4.98 Å². The maximum Gasteiger partial charge on any atom is 0.128 e. The maximum absolute atomic E-state index is 5.99. The van der Waals surface area contributed by atoms with Crippen LogP contribution in [0.2, 0.25) is 0 Å². The van der Waals surface area contributed by atoms with Gasteiger partial charge >= 0.3 is 0 Å². The van der Waals surface area contributed by atoms with E-state index in [0.717, 1.165) is 38.9 Å². The van der Waals surface area contributed by atoms with E-state index in [9.17, 15) is 0 Å². The maximum atomic E-state index is 5.99. The molecule has 1 N–H and O–H groups in total. The number of aromatic nitrogens is 2. The average molecular weight is 407 g/mol. The smallest absolute Gasteiger partial charge is 0.128 e. The summed E-state index contributed by atoms with van der Waals surface area (Å²) < 4.78 is 11.4. The summed E-state index contributed by atoms with van der Waals surface area (Å²) in [4.78, 5) is 10.6. The van der Waals surface area contributed by atoms with Crippen LogP contribution in [-0.2, 0) is 11.3 Å². The number of nitrogens with zero attached hydrogens (tertiary/aromatic N) is 1. The number of nitrogens with one attached hydrogen (secondary N) is 1. The van der Waals surface area contributed by atoms with Crippen LogP contribution in [0.15, 0.2) is 54.7 Å². The average Bonchev–Trinajstić information content (AvgIpc) is 3.03. The van der Waals surface area contributed by atoms with Crippen molar-refractivity contribution in [3.8, 4) is 22.2 Å². The Hall–Kier alpha value is -2.81. The highest BCUT2D eigenvalue weighted by atomic mass is 79.9. The van der Waals surface area contributed by atoms with Crippen LogP contribution in [0.25, 0.3) is 21.8 Å². The molecule has 0 amide bonds. The number of para-hydroxylation sites is 1. The van der Waals surface area contributed by atoms with Gasteiger partial charge in [0.15, 0.2) is 0 Å². The highest BCUT2D eigenvalue weighted by molar-refractivity contribution is 9.12. The van der Waals surface area contributed by atoms with Crippen molar-refractivity contribution in [3.05, 3.63) is 66.0 Å². The molecule has 0 aliphatic rings. The molecule has 0 radical (unpaired) electrons. The minimum Gasteiger partial charge on any atom is -0.457 e. The van der Waals surface area contributed by atoms with Gasteiger partial charge in [-0.3, -0.25) is 0 Å². The van der Waals surface area contributed by atoms with E-state index in [1.807, 2.05) is 48.5 Å². The van der Waals surface area contributed by atoms with Crippen LogP contribution in [0.5, 0.6) is 11.5 Å². The molecule has 0 saturated heterocycles. The Morgan fingerprint density at radius 1 is 1.08 bits per heavy atom. The second kappa shape index (κ2) is 7.20. The first-order chi connectivity index (χ1) is 12.8. The summed E-state index contributed by atoms with van der Waals surface area (Å²) in [5.74, 6) is 4.57. The number of hydrogen-bond donors (Lipinski definition) is 1.